The number of fused-ring (bicyclic) bond motifs is 1. The topological polar surface area (TPSA) is 57.4 Å². The van der Waals surface area contributed by atoms with E-state index in [0.717, 1.165) is 41.3 Å². The lowest BCUT2D eigenvalue weighted by Crippen LogP contribution is -2.07. The molecule has 1 aromatic heterocycles. The summed E-state index contributed by atoms with van der Waals surface area (Å²) in [4.78, 5) is 4.45. The van der Waals surface area contributed by atoms with Crippen LogP contribution in [0.2, 0.25) is 0 Å². The molecular formula is C15H14N2O3. The third-order valence-corrected chi connectivity index (χ3v) is 3.59. The molecule has 1 aromatic carbocycles. The maximum absolute atomic E-state index is 5.72. The van der Waals surface area contributed by atoms with Crippen molar-refractivity contribution in [2.24, 2.45) is 0 Å². The smallest absolute Gasteiger partial charge is 0.257 e. The van der Waals surface area contributed by atoms with Gasteiger partial charge in [0.1, 0.15) is 18.1 Å². The minimum absolute atomic E-state index is 0.450. The van der Waals surface area contributed by atoms with E-state index in [1.165, 1.54) is 0 Å². The van der Waals surface area contributed by atoms with Crippen LogP contribution in [0.5, 0.6) is 11.5 Å². The molecule has 0 saturated heterocycles. The van der Waals surface area contributed by atoms with Gasteiger partial charge in [-0.2, -0.15) is 4.98 Å². The van der Waals surface area contributed by atoms with Gasteiger partial charge in [0.05, 0.1) is 12.7 Å². The molecule has 1 fully saturated rings. The summed E-state index contributed by atoms with van der Waals surface area (Å²) in [5.74, 6) is 3.51. The largest absolute Gasteiger partial charge is 0.497 e. The Morgan fingerprint density at radius 2 is 2.20 bits per heavy atom. The number of nitrogens with zero attached hydrogens (tertiary/aromatic N) is 2. The Labute approximate surface area is 116 Å². The second-order valence-electron chi connectivity index (χ2n) is 5.09. The monoisotopic (exact) mass is 270 g/mol. The van der Waals surface area contributed by atoms with Crippen LogP contribution in [0.4, 0.5) is 0 Å². The van der Waals surface area contributed by atoms with Crippen LogP contribution in [0.1, 0.15) is 36.0 Å². The second-order valence-corrected chi connectivity index (χ2v) is 5.09. The Morgan fingerprint density at radius 3 is 3.00 bits per heavy atom. The Morgan fingerprint density at radius 1 is 1.30 bits per heavy atom. The molecular weight excluding hydrogens is 256 g/mol. The van der Waals surface area contributed by atoms with Gasteiger partial charge in [0, 0.05) is 11.5 Å². The van der Waals surface area contributed by atoms with E-state index in [0.29, 0.717) is 18.4 Å². The van der Waals surface area contributed by atoms with Crippen molar-refractivity contribution in [3.05, 3.63) is 35.5 Å². The Bertz CT molecular complexity index is 686. The minimum atomic E-state index is 0.450. The van der Waals surface area contributed by atoms with Crippen LogP contribution in [0.3, 0.4) is 0 Å². The third-order valence-electron chi connectivity index (χ3n) is 3.59. The van der Waals surface area contributed by atoms with Crippen molar-refractivity contribution in [3.8, 4) is 11.5 Å². The summed E-state index contributed by atoms with van der Waals surface area (Å²) < 4.78 is 16.3. The van der Waals surface area contributed by atoms with E-state index >= 15 is 0 Å². The van der Waals surface area contributed by atoms with Crippen LogP contribution in [0.25, 0.3) is 11.6 Å². The van der Waals surface area contributed by atoms with E-state index in [9.17, 15) is 0 Å². The van der Waals surface area contributed by atoms with Gasteiger partial charge in [0.2, 0.25) is 0 Å². The average molecular weight is 270 g/mol. The summed E-state index contributed by atoms with van der Waals surface area (Å²) in [6, 6.07) is 5.73. The molecule has 0 spiro atoms. The normalized spacial score (nSPS) is 17.1. The van der Waals surface area contributed by atoms with Crippen LogP contribution in [-0.2, 0) is 0 Å². The number of hydrogen-bond acceptors (Lipinski definition) is 5. The second kappa shape index (κ2) is 4.37. The standard InChI is InChI=1S/C15H14N2O3/c1-18-12-4-5-13-10(7-12)6-11(8-19-13)15-16-14(17-20-15)9-2-3-9/h4-7,9H,2-3,8H2,1H3. The van der Waals surface area contributed by atoms with E-state index in [2.05, 4.69) is 10.1 Å². The highest BCUT2D eigenvalue weighted by atomic mass is 16.5. The van der Waals surface area contributed by atoms with Crippen molar-refractivity contribution >= 4 is 11.6 Å². The molecule has 102 valence electrons. The van der Waals surface area contributed by atoms with Gasteiger partial charge in [-0.05, 0) is 37.1 Å². The summed E-state index contributed by atoms with van der Waals surface area (Å²) in [5.41, 5.74) is 1.88. The lowest BCUT2D eigenvalue weighted by atomic mass is 10.1. The zero-order valence-electron chi connectivity index (χ0n) is 11.1. The molecule has 5 nitrogen and oxygen atoms in total. The van der Waals surface area contributed by atoms with Gasteiger partial charge in [-0.15, -0.1) is 0 Å². The van der Waals surface area contributed by atoms with E-state index < -0.39 is 0 Å². The SMILES string of the molecule is COc1ccc2c(c1)C=C(c1nc(C3CC3)no1)CO2. The van der Waals surface area contributed by atoms with Crippen molar-refractivity contribution in [2.75, 3.05) is 13.7 Å². The maximum Gasteiger partial charge on any atom is 0.257 e. The number of benzene rings is 1. The lowest BCUT2D eigenvalue weighted by molar-refractivity contribution is 0.349. The first kappa shape index (κ1) is 11.5. The fourth-order valence-corrected chi connectivity index (χ4v) is 2.28. The van der Waals surface area contributed by atoms with Crippen molar-refractivity contribution in [2.45, 2.75) is 18.8 Å². The van der Waals surface area contributed by atoms with Gasteiger partial charge in [-0.3, -0.25) is 0 Å². The van der Waals surface area contributed by atoms with Crippen molar-refractivity contribution in [1.82, 2.24) is 10.1 Å². The highest BCUT2D eigenvalue weighted by Crippen LogP contribution is 2.39. The molecule has 1 aliphatic heterocycles. The summed E-state index contributed by atoms with van der Waals surface area (Å²) >= 11 is 0. The Balaban J connectivity index is 1.69. The molecule has 0 bridgehead atoms. The number of aromatic nitrogens is 2. The Kier molecular flexibility index (Phi) is 2.52. The molecule has 0 unspecified atom stereocenters. The predicted octanol–water partition coefficient (Wildman–Crippen LogP) is 2.89. The molecule has 2 aliphatic rings. The number of ether oxygens (including phenoxy) is 2. The first-order chi connectivity index (χ1) is 9.83. The van der Waals surface area contributed by atoms with Gasteiger partial charge < -0.3 is 14.0 Å². The zero-order chi connectivity index (χ0) is 13.5. The summed E-state index contributed by atoms with van der Waals surface area (Å²) in [6.07, 6.45) is 4.34. The molecule has 0 N–H and O–H groups in total. The van der Waals surface area contributed by atoms with Gasteiger partial charge >= 0.3 is 0 Å². The molecule has 0 radical (unpaired) electrons. The van der Waals surface area contributed by atoms with E-state index in [-0.39, 0.29) is 0 Å². The molecule has 0 amide bonds. The van der Waals surface area contributed by atoms with Gasteiger partial charge in [0.25, 0.3) is 5.89 Å². The first-order valence-corrected chi connectivity index (χ1v) is 6.69. The van der Waals surface area contributed by atoms with Crippen LogP contribution >= 0.6 is 0 Å². The summed E-state index contributed by atoms with van der Waals surface area (Å²) in [7, 11) is 1.65. The third kappa shape index (κ3) is 1.95. The number of methoxy groups -OCH3 is 1. The molecule has 0 atom stereocenters. The lowest BCUT2D eigenvalue weighted by Gasteiger charge is -2.16. The molecule has 2 heterocycles. The molecule has 1 saturated carbocycles. The molecule has 4 rings (SSSR count). The van der Waals surface area contributed by atoms with E-state index in [1.54, 1.807) is 7.11 Å². The van der Waals surface area contributed by atoms with Crippen molar-refractivity contribution in [3.63, 3.8) is 0 Å². The van der Waals surface area contributed by atoms with Crippen LogP contribution < -0.4 is 9.47 Å². The highest BCUT2D eigenvalue weighted by Gasteiger charge is 2.29. The van der Waals surface area contributed by atoms with E-state index in [1.807, 2.05) is 24.3 Å². The average Bonchev–Trinajstić information content (AvgIpc) is 3.23. The van der Waals surface area contributed by atoms with Crippen LogP contribution in [0, 0.1) is 0 Å². The van der Waals surface area contributed by atoms with Gasteiger partial charge in [-0.1, -0.05) is 5.16 Å². The molecule has 1 aliphatic carbocycles. The fraction of sp³-hybridized carbons (Fsp3) is 0.333. The zero-order valence-corrected chi connectivity index (χ0v) is 11.1. The summed E-state index contributed by atoms with van der Waals surface area (Å²) in [5, 5.41) is 4.04. The van der Waals surface area contributed by atoms with E-state index in [4.69, 9.17) is 14.0 Å². The number of hydrogen-bond donors (Lipinski definition) is 0. The fourth-order valence-electron chi connectivity index (χ4n) is 2.28. The first-order valence-electron chi connectivity index (χ1n) is 6.69. The van der Waals surface area contributed by atoms with Gasteiger partial charge in [0.15, 0.2) is 5.82 Å². The minimum Gasteiger partial charge on any atom is -0.497 e. The van der Waals surface area contributed by atoms with Gasteiger partial charge in [-0.25, -0.2) is 0 Å². The molecule has 5 heteroatoms. The molecule has 20 heavy (non-hydrogen) atoms. The Hall–Kier alpha value is -2.30. The van der Waals surface area contributed by atoms with Crippen molar-refractivity contribution < 1.29 is 14.0 Å². The van der Waals surface area contributed by atoms with Crippen LogP contribution in [-0.4, -0.2) is 23.9 Å². The number of rotatable bonds is 3. The van der Waals surface area contributed by atoms with Crippen LogP contribution in [0.15, 0.2) is 22.7 Å². The quantitative estimate of drug-likeness (QED) is 0.858. The maximum atomic E-state index is 5.72. The summed E-state index contributed by atoms with van der Waals surface area (Å²) in [6.45, 7) is 0.450. The highest BCUT2D eigenvalue weighted by molar-refractivity contribution is 5.83. The molecule has 2 aromatic rings. The van der Waals surface area contributed by atoms with Crippen molar-refractivity contribution in [1.29, 1.82) is 0 Å². The predicted molar refractivity (Wildman–Crippen MR) is 72.6 cm³/mol.